The maximum absolute atomic E-state index is 12.1. The van der Waals surface area contributed by atoms with Crippen LogP contribution in [0.3, 0.4) is 0 Å². The molecule has 0 saturated heterocycles. The second kappa shape index (κ2) is 6.91. The lowest BCUT2D eigenvalue weighted by Gasteiger charge is -2.08. The SMILES string of the molecule is CCc1oncc1C(=O)NCC(=O)Nc1cccc2cccnc12. The number of carbonyl (C=O) groups excluding carboxylic acids is 2. The van der Waals surface area contributed by atoms with Crippen molar-refractivity contribution < 1.29 is 14.1 Å². The van der Waals surface area contributed by atoms with Crippen LogP contribution < -0.4 is 10.6 Å². The van der Waals surface area contributed by atoms with E-state index in [1.807, 2.05) is 31.2 Å². The van der Waals surface area contributed by atoms with Crippen molar-refractivity contribution in [2.24, 2.45) is 0 Å². The Morgan fingerprint density at radius 2 is 2.04 bits per heavy atom. The molecule has 0 atom stereocenters. The predicted molar refractivity (Wildman–Crippen MR) is 88.6 cm³/mol. The van der Waals surface area contributed by atoms with Crippen LogP contribution in [0.15, 0.2) is 47.2 Å². The van der Waals surface area contributed by atoms with Crippen LogP contribution in [-0.2, 0) is 11.2 Å². The Balaban J connectivity index is 1.64. The molecule has 2 amide bonds. The van der Waals surface area contributed by atoms with Crippen molar-refractivity contribution >= 4 is 28.4 Å². The van der Waals surface area contributed by atoms with Crippen LogP contribution in [0.2, 0.25) is 0 Å². The topological polar surface area (TPSA) is 97.1 Å². The Kier molecular flexibility index (Phi) is 4.51. The molecule has 24 heavy (non-hydrogen) atoms. The molecule has 0 aliphatic rings. The second-order valence-corrected chi connectivity index (χ2v) is 5.13. The summed E-state index contributed by atoms with van der Waals surface area (Å²) in [6, 6.07) is 9.27. The van der Waals surface area contributed by atoms with Gasteiger partial charge in [-0.1, -0.05) is 30.3 Å². The molecule has 1 aromatic carbocycles. The van der Waals surface area contributed by atoms with E-state index in [0.29, 0.717) is 28.9 Å². The van der Waals surface area contributed by atoms with Crippen molar-refractivity contribution in [2.45, 2.75) is 13.3 Å². The fraction of sp³-hybridized carbons (Fsp3) is 0.176. The van der Waals surface area contributed by atoms with Gasteiger partial charge in [0.2, 0.25) is 5.91 Å². The first kappa shape index (κ1) is 15.7. The number of hydrogen-bond acceptors (Lipinski definition) is 5. The third-order valence-corrected chi connectivity index (χ3v) is 3.53. The van der Waals surface area contributed by atoms with Crippen LogP contribution in [0, 0.1) is 0 Å². The second-order valence-electron chi connectivity index (χ2n) is 5.13. The molecule has 0 unspecified atom stereocenters. The summed E-state index contributed by atoms with van der Waals surface area (Å²) in [4.78, 5) is 28.4. The molecule has 0 bridgehead atoms. The third kappa shape index (κ3) is 3.24. The number of nitrogens with one attached hydrogen (secondary N) is 2. The van der Waals surface area contributed by atoms with Gasteiger partial charge in [-0.25, -0.2) is 0 Å². The van der Waals surface area contributed by atoms with Crippen molar-refractivity contribution in [3.63, 3.8) is 0 Å². The molecule has 0 fully saturated rings. The summed E-state index contributed by atoms with van der Waals surface area (Å²) in [6.07, 6.45) is 3.56. The molecule has 0 aliphatic heterocycles. The van der Waals surface area contributed by atoms with Gasteiger partial charge in [0, 0.05) is 18.0 Å². The molecule has 7 nitrogen and oxygen atoms in total. The largest absolute Gasteiger partial charge is 0.361 e. The highest BCUT2D eigenvalue weighted by Crippen LogP contribution is 2.20. The third-order valence-electron chi connectivity index (χ3n) is 3.53. The molecular formula is C17H16N4O3. The van der Waals surface area contributed by atoms with E-state index in [0.717, 1.165) is 5.39 Å². The van der Waals surface area contributed by atoms with Gasteiger partial charge >= 0.3 is 0 Å². The summed E-state index contributed by atoms with van der Waals surface area (Å²) in [5, 5.41) is 9.84. The number of amides is 2. The molecule has 2 heterocycles. The number of fused-ring (bicyclic) bond motifs is 1. The minimum absolute atomic E-state index is 0.156. The van der Waals surface area contributed by atoms with Gasteiger partial charge in [-0.2, -0.15) is 0 Å². The Morgan fingerprint density at radius 3 is 2.88 bits per heavy atom. The molecule has 2 N–H and O–H groups in total. The Bertz CT molecular complexity index is 883. The average Bonchev–Trinajstić information content (AvgIpc) is 3.09. The van der Waals surface area contributed by atoms with Gasteiger partial charge in [-0.3, -0.25) is 14.6 Å². The number of aromatic nitrogens is 2. The summed E-state index contributed by atoms with van der Waals surface area (Å²) in [6.45, 7) is 1.70. The van der Waals surface area contributed by atoms with Gasteiger partial charge in [0.1, 0.15) is 11.3 Å². The molecule has 0 spiro atoms. The number of hydrogen-bond donors (Lipinski definition) is 2. The van der Waals surface area contributed by atoms with Gasteiger partial charge in [-0.15, -0.1) is 0 Å². The minimum atomic E-state index is -0.390. The number of aryl methyl sites for hydroxylation is 1. The number of rotatable bonds is 5. The highest BCUT2D eigenvalue weighted by Gasteiger charge is 2.15. The lowest BCUT2D eigenvalue weighted by atomic mass is 10.2. The first-order valence-electron chi connectivity index (χ1n) is 7.54. The maximum atomic E-state index is 12.1. The molecule has 7 heteroatoms. The molecule has 3 rings (SSSR count). The average molecular weight is 324 g/mol. The zero-order valence-corrected chi connectivity index (χ0v) is 13.1. The standard InChI is InChI=1S/C17H16N4O3/c1-2-14-12(9-20-24-14)17(23)19-10-15(22)21-13-7-3-5-11-6-4-8-18-16(11)13/h3-9H,2,10H2,1H3,(H,19,23)(H,21,22). The quantitative estimate of drug-likeness (QED) is 0.749. The Hall–Kier alpha value is -3.22. The zero-order valence-electron chi connectivity index (χ0n) is 13.1. The number of nitrogens with zero attached hydrogens (tertiary/aromatic N) is 2. The molecule has 122 valence electrons. The highest BCUT2D eigenvalue weighted by atomic mass is 16.5. The normalized spacial score (nSPS) is 10.5. The van der Waals surface area contributed by atoms with Crippen LogP contribution in [0.5, 0.6) is 0 Å². The van der Waals surface area contributed by atoms with Gasteiger partial charge in [0.05, 0.1) is 23.9 Å². The fourth-order valence-corrected chi connectivity index (χ4v) is 2.36. The van der Waals surface area contributed by atoms with Crippen molar-refractivity contribution in [2.75, 3.05) is 11.9 Å². The zero-order chi connectivity index (χ0) is 16.9. The number of carbonyl (C=O) groups is 2. The summed E-state index contributed by atoms with van der Waals surface area (Å²) < 4.78 is 4.97. The predicted octanol–water partition coefficient (Wildman–Crippen LogP) is 2.15. The molecule has 3 aromatic rings. The van der Waals surface area contributed by atoms with E-state index in [9.17, 15) is 9.59 Å². The minimum Gasteiger partial charge on any atom is -0.361 e. The smallest absolute Gasteiger partial charge is 0.256 e. The molecule has 0 saturated carbocycles. The number of pyridine rings is 1. The van der Waals surface area contributed by atoms with E-state index < -0.39 is 0 Å². The lowest BCUT2D eigenvalue weighted by molar-refractivity contribution is -0.115. The van der Waals surface area contributed by atoms with Crippen LogP contribution in [0.4, 0.5) is 5.69 Å². The summed E-state index contributed by atoms with van der Waals surface area (Å²) in [5.74, 6) is -0.235. The van der Waals surface area contributed by atoms with Gasteiger partial charge in [-0.05, 0) is 12.1 Å². The van der Waals surface area contributed by atoms with E-state index in [2.05, 4.69) is 20.8 Å². The molecule has 0 aliphatic carbocycles. The Labute approximate surface area is 138 Å². The highest BCUT2D eigenvalue weighted by molar-refractivity contribution is 6.03. The van der Waals surface area contributed by atoms with Crippen molar-refractivity contribution in [3.8, 4) is 0 Å². The summed E-state index contributed by atoms with van der Waals surface area (Å²) in [7, 11) is 0. The van der Waals surface area contributed by atoms with Crippen LogP contribution >= 0.6 is 0 Å². The van der Waals surface area contributed by atoms with Crippen molar-refractivity contribution in [3.05, 3.63) is 54.0 Å². The van der Waals surface area contributed by atoms with E-state index >= 15 is 0 Å². The van der Waals surface area contributed by atoms with Crippen LogP contribution in [-0.4, -0.2) is 28.5 Å². The van der Waals surface area contributed by atoms with Crippen molar-refractivity contribution in [1.29, 1.82) is 0 Å². The van der Waals surface area contributed by atoms with E-state index in [1.165, 1.54) is 6.20 Å². The molecule has 2 aromatic heterocycles. The molecule has 0 radical (unpaired) electrons. The van der Waals surface area contributed by atoms with Crippen LogP contribution in [0.1, 0.15) is 23.0 Å². The molecular weight excluding hydrogens is 308 g/mol. The number of para-hydroxylation sites is 1. The van der Waals surface area contributed by atoms with Crippen molar-refractivity contribution in [1.82, 2.24) is 15.5 Å². The van der Waals surface area contributed by atoms with Gasteiger partial charge < -0.3 is 15.2 Å². The number of benzene rings is 1. The van der Waals surface area contributed by atoms with Gasteiger partial charge in [0.15, 0.2) is 0 Å². The Morgan fingerprint density at radius 1 is 1.21 bits per heavy atom. The summed E-state index contributed by atoms with van der Waals surface area (Å²) in [5.41, 5.74) is 1.65. The van der Waals surface area contributed by atoms with Crippen LogP contribution in [0.25, 0.3) is 10.9 Å². The van der Waals surface area contributed by atoms with E-state index in [4.69, 9.17) is 4.52 Å². The monoisotopic (exact) mass is 324 g/mol. The first-order chi connectivity index (χ1) is 11.7. The summed E-state index contributed by atoms with van der Waals surface area (Å²) >= 11 is 0. The van der Waals surface area contributed by atoms with E-state index in [1.54, 1.807) is 12.3 Å². The van der Waals surface area contributed by atoms with E-state index in [-0.39, 0.29) is 18.4 Å². The lowest BCUT2D eigenvalue weighted by Crippen LogP contribution is -2.33. The number of anilines is 1. The fourth-order valence-electron chi connectivity index (χ4n) is 2.36. The maximum Gasteiger partial charge on any atom is 0.256 e. The van der Waals surface area contributed by atoms with Gasteiger partial charge in [0.25, 0.3) is 5.91 Å². The first-order valence-corrected chi connectivity index (χ1v) is 7.54.